The molecule has 18 heavy (non-hydrogen) atoms. The second-order valence-corrected chi connectivity index (χ2v) is 4.31. The minimum Gasteiger partial charge on any atom is -0.481 e. The summed E-state index contributed by atoms with van der Waals surface area (Å²) < 4.78 is 0. The first-order valence-electron chi connectivity index (χ1n) is 5.35. The Morgan fingerprint density at radius 3 is 2.56 bits per heavy atom. The third-order valence-electron chi connectivity index (χ3n) is 2.77. The summed E-state index contributed by atoms with van der Waals surface area (Å²) in [5.41, 5.74) is 4.52. The molecule has 0 aromatic carbocycles. The van der Waals surface area contributed by atoms with E-state index in [4.69, 9.17) is 21.1 Å². The normalized spacial score (nSPS) is 23.6. The van der Waals surface area contributed by atoms with E-state index in [1.165, 1.54) is 13.0 Å². The first kappa shape index (κ1) is 14.0. The summed E-state index contributed by atoms with van der Waals surface area (Å²) in [6, 6.07) is 0. The number of nitrogens with one attached hydrogen (secondary N) is 1. The zero-order chi connectivity index (χ0) is 13.9. The number of hydrogen-bond acceptors (Lipinski definition) is 5. The number of nitrogens with two attached hydrogens (primary N) is 1. The van der Waals surface area contributed by atoms with Crippen molar-refractivity contribution >= 4 is 11.9 Å². The van der Waals surface area contributed by atoms with Gasteiger partial charge in [0, 0.05) is 13.0 Å². The zero-order valence-electron chi connectivity index (χ0n) is 9.93. The van der Waals surface area contributed by atoms with Crippen LogP contribution < -0.4 is 11.1 Å². The van der Waals surface area contributed by atoms with Crippen LogP contribution >= 0.6 is 0 Å². The van der Waals surface area contributed by atoms with E-state index < -0.39 is 17.4 Å². The molecule has 0 aromatic heterocycles. The molecule has 100 valence electrons. The molecule has 0 spiro atoms. The van der Waals surface area contributed by atoms with Crippen molar-refractivity contribution in [2.45, 2.75) is 13.3 Å². The first-order chi connectivity index (χ1) is 8.31. The summed E-state index contributed by atoms with van der Waals surface area (Å²) in [7, 11) is 0. The molecule has 7 heteroatoms. The van der Waals surface area contributed by atoms with Gasteiger partial charge in [0.2, 0.25) is 0 Å². The van der Waals surface area contributed by atoms with Crippen molar-refractivity contribution in [1.82, 2.24) is 5.32 Å². The fourth-order valence-corrected chi connectivity index (χ4v) is 1.81. The van der Waals surface area contributed by atoms with E-state index in [0.29, 0.717) is 0 Å². The first-order valence-corrected chi connectivity index (χ1v) is 5.35. The monoisotopic (exact) mass is 256 g/mol. The molecule has 1 rings (SSSR count). The molecule has 1 aliphatic rings. The molecule has 0 saturated carbocycles. The van der Waals surface area contributed by atoms with E-state index in [1.54, 1.807) is 0 Å². The van der Waals surface area contributed by atoms with Crippen LogP contribution in [-0.4, -0.2) is 40.4 Å². The van der Waals surface area contributed by atoms with E-state index >= 15 is 0 Å². The van der Waals surface area contributed by atoms with Gasteiger partial charge in [-0.25, -0.2) is 4.79 Å². The third kappa shape index (κ3) is 2.62. The lowest BCUT2D eigenvalue weighted by Crippen LogP contribution is -2.36. The van der Waals surface area contributed by atoms with Gasteiger partial charge in [-0.2, -0.15) is 0 Å². The Kier molecular flexibility index (Phi) is 3.97. The Morgan fingerprint density at radius 2 is 2.11 bits per heavy atom. The summed E-state index contributed by atoms with van der Waals surface area (Å²) in [6.07, 6.45) is 1.16. The maximum absolute atomic E-state index is 11.1. The highest BCUT2D eigenvalue weighted by atomic mass is 16.4. The van der Waals surface area contributed by atoms with Crippen LogP contribution in [-0.2, 0) is 9.59 Å². The third-order valence-corrected chi connectivity index (χ3v) is 2.77. The van der Waals surface area contributed by atoms with Gasteiger partial charge in [-0.1, -0.05) is 0 Å². The van der Waals surface area contributed by atoms with Crippen molar-refractivity contribution in [3.63, 3.8) is 0 Å². The minimum absolute atomic E-state index is 0.0667. The van der Waals surface area contributed by atoms with Crippen LogP contribution in [0.1, 0.15) is 13.3 Å². The molecule has 0 saturated heterocycles. The van der Waals surface area contributed by atoms with Gasteiger partial charge in [-0.05, 0) is 13.0 Å². The number of hydrogen-bond donors (Lipinski definition) is 5. The molecular formula is C11H16N2O5. The van der Waals surface area contributed by atoms with E-state index in [-0.39, 0.29) is 36.5 Å². The molecule has 0 amide bonds. The van der Waals surface area contributed by atoms with Gasteiger partial charge in [-0.3, -0.25) is 4.79 Å². The van der Waals surface area contributed by atoms with Crippen molar-refractivity contribution in [2.75, 3.05) is 13.2 Å². The van der Waals surface area contributed by atoms with E-state index in [2.05, 4.69) is 5.32 Å². The number of aliphatic carboxylic acids is 2. The number of aliphatic hydroxyl groups is 1. The molecule has 0 aliphatic heterocycles. The van der Waals surface area contributed by atoms with Crippen LogP contribution in [0.2, 0.25) is 0 Å². The number of carbonyl (C=O) groups is 2. The topological polar surface area (TPSA) is 133 Å². The highest BCUT2D eigenvalue weighted by Gasteiger charge is 2.39. The summed E-state index contributed by atoms with van der Waals surface area (Å²) in [6.45, 7) is 1.37. The molecule has 0 heterocycles. The van der Waals surface area contributed by atoms with Crippen molar-refractivity contribution in [2.24, 2.45) is 11.1 Å². The van der Waals surface area contributed by atoms with Gasteiger partial charge >= 0.3 is 11.9 Å². The summed E-state index contributed by atoms with van der Waals surface area (Å²) >= 11 is 0. The summed E-state index contributed by atoms with van der Waals surface area (Å²) in [5, 5.41) is 29.6. The Labute approximate surface area is 104 Å². The van der Waals surface area contributed by atoms with Crippen LogP contribution in [0.25, 0.3) is 0 Å². The second-order valence-electron chi connectivity index (χ2n) is 4.31. The molecule has 1 unspecified atom stereocenters. The van der Waals surface area contributed by atoms with Gasteiger partial charge in [0.25, 0.3) is 0 Å². The van der Waals surface area contributed by atoms with Gasteiger partial charge in [0.15, 0.2) is 0 Å². The number of carboxylic acids is 2. The maximum atomic E-state index is 11.1. The number of rotatable bonds is 5. The minimum atomic E-state index is -1.33. The molecule has 0 radical (unpaired) electrons. The van der Waals surface area contributed by atoms with E-state index in [9.17, 15) is 9.59 Å². The number of carboxylic acid groups (broad SMARTS) is 2. The van der Waals surface area contributed by atoms with Gasteiger partial charge in [0.05, 0.1) is 29.0 Å². The SMILES string of the molecule is CC1(C(=O)O)C=C(N)C(NCCO)=C(C(=O)O)C1. The van der Waals surface area contributed by atoms with Crippen molar-refractivity contribution < 1.29 is 24.9 Å². The average molecular weight is 256 g/mol. The standard InChI is InChI=1S/C11H16N2O5/c1-11(10(17)18)4-6(9(15)16)8(7(12)5-11)13-2-3-14/h5,13-14H,2-4,12H2,1H3,(H,15,16)(H,17,18). The van der Waals surface area contributed by atoms with E-state index in [0.717, 1.165) is 0 Å². The Balaban J connectivity index is 3.17. The molecule has 0 bridgehead atoms. The fourth-order valence-electron chi connectivity index (χ4n) is 1.81. The Morgan fingerprint density at radius 1 is 1.50 bits per heavy atom. The molecular weight excluding hydrogens is 240 g/mol. The van der Waals surface area contributed by atoms with Crippen molar-refractivity contribution in [3.05, 3.63) is 23.0 Å². The van der Waals surface area contributed by atoms with E-state index in [1.807, 2.05) is 0 Å². The fraction of sp³-hybridized carbons (Fsp3) is 0.455. The molecule has 1 aliphatic carbocycles. The number of aliphatic hydroxyl groups excluding tert-OH is 1. The highest BCUT2D eigenvalue weighted by molar-refractivity contribution is 5.91. The van der Waals surface area contributed by atoms with Gasteiger partial charge in [0.1, 0.15) is 0 Å². The molecule has 6 N–H and O–H groups in total. The largest absolute Gasteiger partial charge is 0.481 e. The van der Waals surface area contributed by atoms with Crippen LogP contribution in [0.5, 0.6) is 0 Å². The average Bonchev–Trinajstić information content (AvgIpc) is 2.26. The smallest absolute Gasteiger partial charge is 0.333 e. The summed E-state index contributed by atoms with van der Waals surface area (Å²) in [4.78, 5) is 22.3. The predicted octanol–water partition coefficient (Wildman–Crippen LogP) is -0.756. The molecule has 0 aromatic rings. The summed E-state index contributed by atoms with van der Waals surface area (Å²) in [5.74, 6) is -2.36. The Hall–Kier alpha value is -2.02. The second kappa shape index (κ2) is 5.09. The zero-order valence-corrected chi connectivity index (χ0v) is 9.93. The highest BCUT2D eigenvalue weighted by Crippen LogP contribution is 2.35. The van der Waals surface area contributed by atoms with Crippen LogP contribution in [0.3, 0.4) is 0 Å². The molecule has 1 atom stereocenters. The quantitative estimate of drug-likeness (QED) is 0.436. The Bertz CT molecular complexity index is 441. The van der Waals surface area contributed by atoms with Gasteiger partial charge < -0.3 is 26.4 Å². The van der Waals surface area contributed by atoms with Crippen molar-refractivity contribution in [1.29, 1.82) is 0 Å². The van der Waals surface area contributed by atoms with Crippen LogP contribution in [0.15, 0.2) is 23.0 Å². The van der Waals surface area contributed by atoms with Gasteiger partial charge in [-0.15, -0.1) is 0 Å². The van der Waals surface area contributed by atoms with Crippen molar-refractivity contribution in [3.8, 4) is 0 Å². The lowest BCUT2D eigenvalue weighted by molar-refractivity contribution is -0.145. The van der Waals surface area contributed by atoms with Crippen LogP contribution in [0, 0.1) is 5.41 Å². The predicted molar refractivity (Wildman–Crippen MR) is 62.4 cm³/mol. The lowest BCUT2D eigenvalue weighted by atomic mass is 9.78. The molecule has 0 fully saturated rings. The van der Waals surface area contributed by atoms with Crippen LogP contribution in [0.4, 0.5) is 0 Å². The lowest BCUT2D eigenvalue weighted by Gasteiger charge is -2.29. The molecule has 7 nitrogen and oxygen atoms in total. The maximum Gasteiger partial charge on any atom is 0.333 e.